The van der Waals surface area contributed by atoms with Crippen LogP contribution in [0.3, 0.4) is 0 Å². The fourth-order valence-electron chi connectivity index (χ4n) is 6.44. The van der Waals surface area contributed by atoms with Crippen LogP contribution in [0.25, 0.3) is 11.3 Å². The fourth-order valence-corrected chi connectivity index (χ4v) is 6.60. The molecule has 7 rings (SSSR count). The molecule has 1 saturated heterocycles. The monoisotopic (exact) mass is 694 g/mol. The molecule has 3 fully saturated rings. The lowest BCUT2D eigenvalue weighted by atomic mass is 9.76. The van der Waals surface area contributed by atoms with Crippen LogP contribution in [0.15, 0.2) is 36.9 Å². The number of ether oxygens (including phenoxy) is 1. The Morgan fingerprint density at radius 3 is 2.53 bits per heavy atom. The number of aromatic nitrogens is 6. The molecule has 4 heterocycles. The highest BCUT2D eigenvalue weighted by molar-refractivity contribution is 6.31. The minimum absolute atomic E-state index is 0.0945. The van der Waals surface area contributed by atoms with E-state index >= 15 is 4.39 Å². The van der Waals surface area contributed by atoms with Crippen LogP contribution in [-0.2, 0) is 21.7 Å². The number of carbonyl (C=O) groups is 2. The van der Waals surface area contributed by atoms with Gasteiger partial charge in [0.15, 0.2) is 17.3 Å². The molecule has 2 aliphatic carbocycles. The van der Waals surface area contributed by atoms with Gasteiger partial charge in [-0.25, -0.2) is 23.1 Å². The van der Waals surface area contributed by atoms with Crippen LogP contribution < -0.4 is 10.2 Å². The third kappa shape index (κ3) is 6.05. The third-order valence-electron chi connectivity index (χ3n) is 9.40. The molecular formula is C34H34ClF3N8O3. The maximum absolute atomic E-state index is 15.1. The Morgan fingerprint density at radius 1 is 1.14 bits per heavy atom. The first-order valence-electron chi connectivity index (χ1n) is 16.0. The average Bonchev–Trinajstić information content (AvgIpc) is 3.65. The fraction of sp³-hybridized carbons (Fsp3) is 0.441. The van der Waals surface area contributed by atoms with Gasteiger partial charge >= 0.3 is 0 Å². The van der Waals surface area contributed by atoms with Crippen LogP contribution in [0.4, 0.5) is 24.7 Å². The highest BCUT2D eigenvalue weighted by Gasteiger charge is 2.50. The van der Waals surface area contributed by atoms with Crippen molar-refractivity contribution in [2.45, 2.75) is 77.6 Å². The first-order chi connectivity index (χ1) is 23.3. The van der Waals surface area contributed by atoms with Crippen molar-refractivity contribution < 1.29 is 27.5 Å². The van der Waals surface area contributed by atoms with Gasteiger partial charge in [-0.3, -0.25) is 29.1 Å². The number of fused-ring (bicyclic) bond motifs is 1. The Bertz CT molecular complexity index is 1980. The summed E-state index contributed by atoms with van der Waals surface area (Å²) in [7, 11) is 0. The van der Waals surface area contributed by atoms with Crippen molar-refractivity contribution >= 4 is 34.9 Å². The second kappa shape index (κ2) is 12.2. The molecule has 0 unspecified atom stereocenters. The van der Waals surface area contributed by atoms with Crippen molar-refractivity contribution in [3.8, 4) is 11.3 Å². The number of amides is 2. The number of aryl methyl sites for hydroxylation is 1. The van der Waals surface area contributed by atoms with Gasteiger partial charge in [-0.1, -0.05) is 17.7 Å². The molecule has 256 valence electrons. The van der Waals surface area contributed by atoms with Crippen molar-refractivity contribution in [3.63, 3.8) is 0 Å². The summed E-state index contributed by atoms with van der Waals surface area (Å²) in [6.07, 6.45) is 6.36. The molecule has 4 aromatic rings. The van der Waals surface area contributed by atoms with Crippen molar-refractivity contribution in [2.24, 2.45) is 11.8 Å². The molecule has 2 saturated carbocycles. The van der Waals surface area contributed by atoms with E-state index in [2.05, 4.69) is 25.4 Å². The van der Waals surface area contributed by atoms with Gasteiger partial charge < -0.3 is 10.1 Å². The van der Waals surface area contributed by atoms with E-state index in [0.717, 1.165) is 44.0 Å². The molecular weight excluding hydrogens is 661 g/mol. The van der Waals surface area contributed by atoms with E-state index in [1.165, 1.54) is 6.20 Å². The lowest BCUT2D eigenvalue weighted by molar-refractivity contribution is -0.123. The van der Waals surface area contributed by atoms with E-state index in [1.807, 2.05) is 27.7 Å². The summed E-state index contributed by atoms with van der Waals surface area (Å²) in [5.41, 5.74) is -1.07. The summed E-state index contributed by atoms with van der Waals surface area (Å²) >= 11 is 5.93. The molecule has 3 aromatic heterocycles. The number of hydrogen-bond acceptors (Lipinski definition) is 8. The van der Waals surface area contributed by atoms with Crippen LogP contribution in [0, 0.1) is 24.6 Å². The van der Waals surface area contributed by atoms with Gasteiger partial charge in [-0.2, -0.15) is 5.10 Å². The van der Waals surface area contributed by atoms with E-state index in [-0.39, 0.29) is 40.5 Å². The first kappa shape index (κ1) is 33.1. The average molecular weight is 695 g/mol. The van der Waals surface area contributed by atoms with E-state index in [1.54, 1.807) is 22.0 Å². The Kier molecular flexibility index (Phi) is 8.21. The number of nitrogens with zero attached hydrogens (tertiary/aromatic N) is 7. The standard InChI is InChI=1S/C34H34ClF3N8O3/c1-17-30(45-14-18-5-6-20(18)32(45)48)40-13-25(42-17)34(9-10-34)46-15-19(11-41-46)43-31(47)28-24(16-49-33(2,3)4)39-12-23(44-28)26-21(29(37)38)7-8-22(35)27(26)36/h7-8,11-13,15,18,20,29H,5-6,9-10,14,16H2,1-4H3,(H,43,47)/t18-,20-/m1/s1. The predicted octanol–water partition coefficient (Wildman–Crippen LogP) is 6.65. The zero-order chi connectivity index (χ0) is 34.8. The SMILES string of the molecule is Cc1nc(C2(n3cc(NC(=O)c4nc(-c5c(C(F)F)ccc(Cl)c5F)cnc4COC(C)(C)C)cn3)CC2)cnc1N1C[C@H]2CC[C@H]2C1=O. The molecule has 49 heavy (non-hydrogen) atoms. The summed E-state index contributed by atoms with van der Waals surface area (Å²) < 4.78 is 50.5. The highest BCUT2D eigenvalue weighted by atomic mass is 35.5. The quantitative estimate of drug-likeness (QED) is 0.206. The number of rotatable bonds is 9. The van der Waals surface area contributed by atoms with Crippen LogP contribution in [0.5, 0.6) is 0 Å². The molecule has 1 aromatic carbocycles. The zero-order valence-electron chi connectivity index (χ0n) is 27.3. The van der Waals surface area contributed by atoms with Crippen LogP contribution in [-0.4, -0.2) is 53.7 Å². The maximum Gasteiger partial charge on any atom is 0.276 e. The largest absolute Gasteiger partial charge is 0.369 e. The van der Waals surface area contributed by atoms with E-state index in [4.69, 9.17) is 21.3 Å². The predicted molar refractivity (Wildman–Crippen MR) is 174 cm³/mol. The van der Waals surface area contributed by atoms with Gasteiger partial charge in [0.1, 0.15) is 5.54 Å². The topological polar surface area (TPSA) is 128 Å². The number of benzene rings is 1. The smallest absolute Gasteiger partial charge is 0.276 e. The molecule has 11 nitrogen and oxygen atoms in total. The summed E-state index contributed by atoms with van der Waals surface area (Å²) in [6, 6.07) is 2.05. The first-order valence-corrected chi connectivity index (χ1v) is 16.4. The third-order valence-corrected chi connectivity index (χ3v) is 9.69. The molecule has 2 amide bonds. The summed E-state index contributed by atoms with van der Waals surface area (Å²) in [6.45, 7) is 7.86. The number of halogens is 4. The lowest BCUT2D eigenvalue weighted by Gasteiger charge is -2.25. The van der Waals surface area contributed by atoms with Crippen molar-refractivity contribution in [3.05, 3.63) is 76.1 Å². The maximum atomic E-state index is 15.1. The normalized spacial score (nSPS) is 19.6. The van der Waals surface area contributed by atoms with Crippen molar-refractivity contribution in [2.75, 3.05) is 16.8 Å². The van der Waals surface area contributed by atoms with E-state index < -0.39 is 40.4 Å². The Balaban J connectivity index is 1.16. The minimum Gasteiger partial charge on any atom is -0.369 e. The molecule has 15 heteroatoms. The zero-order valence-corrected chi connectivity index (χ0v) is 28.1. The van der Waals surface area contributed by atoms with Crippen LogP contribution in [0.1, 0.15) is 86.0 Å². The number of alkyl halides is 2. The molecule has 1 N–H and O–H groups in total. The van der Waals surface area contributed by atoms with Gasteiger partial charge in [0, 0.05) is 29.8 Å². The molecule has 2 atom stereocenters. The number of carbonyl (C=O) groups excluding carboxylic acids is 2. The number of anilines is 2. The van der Waals surface area contributed by atoms with E-state index in [0.29, 0.717) is 35.4 Å². The molecule has 1 aliphatic heterocycles. The Hall–Kier alpha value is -4.43. The van der Waals surface area contributed by atoms with Crippen molar-refractivity contribution in [1.82, 2.24) is 29.7 Å². The summed E-state index contributed by atoms with van der Waals surface area (Å²) in [4.78, 5) is 46.4. The minimum atomic E-state index is -3.03. The van der Waals surface area contributed by atoms with Crippen molar-refractivity contribution in [1.29, 1.82) is 0 Å². The molecule has 3 aliphatic rings. The molecule has 0 spiro atoms. The van der Waals surface area contributed by atoms with Gasteiger partial charge in [0.05, 0.1) is 64.3 Å². The Morgan fingerprint density at radius 2 is 1.92 bits per heavy atom. The lowest BCUT2D eigenvalue weighted by Crippen LogP contribution is -2.30. The Labute approximate surface area is 285 Å². The number of hydrogen-bond donors (Lipinski definition) is 1. The van der Waals surface area contributed by atoms with Crippen LogP contribution >= 0.6 is 11.6 Å². The van der Waals surface area contributed by atoms with Gasteiger partial charge in [-0.05, 0) is 65.4 Å². The van der Waals surface area contributed by atoms with Gasteiger partial charge in [0.25, 0.3) is 12.3 Å². The van der Waals surface area contributed by atoms with E-state index in [9.17, 15) is 18.4 Å². The second-order valence-corrected chi connectivity index (χ2v) is 14.2. The number of nitrogens with one attached hydrogen (secondary N) is 1. The van der Waals surface area contributed by atoms with Gasteiger partial charge in [-0.15, -0.1) is 0 Å². The summed E-state index contributed by atoms with van der Waals surface area (Å²) in [5.74, 6) is -0.635. The van der Waals surface area contributed by atoms with Gasteiger partial charge in [0.2, 0.25) is 5.91 Å². The highest BCUT2D eigenvalue weighted by Crippen LogP contribution is 2.49. The second-order valence-electron chi connectivity index (χ2n) is 13.8. The molecule has 0 bridgehead atoms. The van der Waals surface area contributed by atoms with Crippen LogP contribution in [0.2, 0.25) is 5.02 Å². The molecule has 0 radical (unpaired) electrons. The summed E-state index contributed by atoms with van der Waals surface area (Å²) in [5, 5.41) is 6.90.